The van der Waals surface area contributed by atoms with Gasteiger partial charge in [-0.25, -0.2) is 0 Å². The maximum absolute atomic E-state index is 11.8. The lowest BCUT2D eigenvalue weighted by molar-refractivity contribution is -0.129. The molecule has 18 heavy (non-hydrogen) atoms. The number of carbonyl (C=O) groups is 1. The van der Waals surface area contributed by atoms with Crippen LogP contribution in [0.4, 0.5) is 0 Å². The molecule has 1 atom stereocenters. The fraction of sp³-hybridized carbons (Fsp3) is 0.167. The molecule has 1 aromatic rings. The molecule has 0 aromatic heterocycles. The zero-order valence-electron chi connectivity index (χ0n) is 9.43. The molecule has 0 radical (unpaired) electrons. The maximum atomic E-state index is 11.8. The number of hydrogen-bond donors (Lipinski definition) is 2. The van der Waals surface area contributed by atoms with E-state index in [2.05, 4.69) is 15.7 Å². The monoisotopic (exact) mass is 262 g/mol. The molecular weight excluding hydrogens is 252 g/mol. The minimum atomic E-state index is -0.355. The molecule has 2 aliphatic rings. The number of rotatable bonds is 2. The van der Waals surface area contributed by atoms with Gasteiger partial charge >= 0.3 is 0 Å². The predicted octanol–water partition coefficient (Wildman–Crippen LogP) is 0.789. The average Bonchev–Trinajstić information content (AvgIpc) is 2.84. The van der Waals surface area contributed by atoms with Gasteiger partial charge in [-0.3, -0.25) is 4.79 Å². The van der Waals surface area contributed by atoms with Gasteiger partial charge in [0, 0.05) is 17.3 Å². The van der Waals surface area contributed by atoms with E-state index in [0.29, 0.717) is 11.5 Å². The van der Waals surface area contributed by atoms with Gasteiger partial charge in [0.1, 0.15) is 0 Å². The summed E-state index contributed by atoms with van der Waals surface area (Å²) in [6.07, 6.45) is 1.11. The zero-order chi connectivity index (χ0) is 12.5. The Labute approximate surface area is 109 Å². The fourth-order valence-electron chi connectivity index (χ4n) is 1.91. The third-order valence-electron chi connectivity index (χ3n) is 2.76. The lowest BCUT2D eigenvalue weighted by atomic mass is 10.2. The highest BCUT2D eigenvalue weighted by atomic mass is 35.5. The van der Waals surface area contributed by atoms with Crippen LogP contribution in [0.25, 0.3) is 0 Å². The lowest BCUT2D eigenvalue weighted by Gasteiger charge is -2.27. The third-order valence-corrected chi connectivity index (χ3v) is 3.05. The molecule has 5 nitrogen and oxygen atoms in total. The van der Waals surface area contributed by atoms with Crippen LogP contribution in [0, 0.1) is 0 Å². The molecule has 0 fully saturated rings. The van der Waals surface area contributed by atoms with E-state index < -0.39 is 0 Å². The number of amides is 1. The second-order valence-electron chi connectivity index (χ2n) is 3.99. The standard InChI is InChI=1S/C12H11ClN4O/c13-7-9-6-10(18)17-12(14-9)15-11(16-17)8-4-2-1-3-5-8/h1-6,12,14H,7H2,(H,15,16). The number of halogens is 1. The number of hydrogen-bond acceptors (Lipinski definition) is 4. The third kappa shape index (κ3) is 1.82. The summed E-state index contributed by atoms with van der Waals surface area (Å²) in [6, 6.07) is 9.65. The zero-order valence-corrected chi connectivity index (χ0v) is 10.2. The Balaban J connectivity index is 1.86. The van der Waals surface area contributed by atoms with Crippen LogP contribution in [0.5, 0.6) is 0 Å². The molecule has 6 heteroatoms. The summed E-state index contributed by atoms with van der Waals surface area (Å²) >= 11 is 5.72. The minimum Gasteiger partial charge on any atom is -0.349 e. The predicted molar refractivity (Wildman–Crippen MR) is 68.7 cm³/mol. The Morgan fingerprint density at radius 3 is 2.78 bits per heavy atom. The van der Waals surface area contributed by atoms with Crippen LogP contribution in [0.1, 0.15) is 5.56 Å². The van der Waals surface area contributed by atoms with E-state index >= 15 is 0 Å². The summed E-state index contributed by atoms with van der Waals surface area (Å²) < 4.78 is 0. The highest BCUT2D eigenvalue weighted by Gasteiger charge is 2.33. The number of nitrogens with zero attached hydrogens (tertiary/aromatic N) is 2. The molecule has 1 unspecified atom stereocenters. The second-order valence-corrected chi connectivity index (χ2v) is 4.26. The van der Waals surface area contributed by atoms with Crippen LogP contribution in [0.15, 0.2) is 47.2 Å². The molecule has 0 saturated heterocycles. The number of alkyl halides is 1. The van der Waals surface area contributed by atoms with Crippen molar-refractivity contribution >= 4 is 23.3 Å². The van der Waals surface area contributed by atoms with E-state index in [1.165, 1.54) is 11.1 Å². The molecule has 0 spiro atoms. The molecule has 2 heterocycles. The Kier molecular flexibility index (Phi) is 2.68. The summed E-state index contributed by atoms with van der Waals surface area (Å²) in [5.74, 6) is 0.775. The van der Waals surface area contributed by atoms with Gasteiger partial charge in [-0.2, -0.15) is 5.01 Å². The van der Waals surface area contributed by atoms with Crippen LogP contribution in [-0.4, -0.2) is 28.9 Å². The number of carbonyl (C=O) groups excluding carboxylic acids is 1. The first-order valence-electron chi connectivity index (χ1n) is 5.55. The first kappa shape index (κ1) is 11.1. The van der Waals surface area contributed by atoms with Crippen LogP contribution in [-0.2, 0) is 4.79 Å². The van der Waals surface area contributed by atoms with Crippen molar-refractivity contribution in [2.75, 3.05) is 5.88 Å². The Bertz CT molecular complexity index is 540. The van der Waals surface area contributed by atoms with Crippen molar-refractivity contribution < 1.29 is 4.79 Å². The molecule has 0 aliphatic carbocycles. The highest BCUT2D eigenvalue weighted by Crippen LogP contribution is 2.15. The smallest absolute Gasteiger partial charge is 0.272 e. The molecular formula is C12H11ClN4O. The molecule has 0 saturated carbocycles. The number of allylic oxidation sites excluding steroid dienone is 1. The Morgan fingerprint density at radius 2 is 2.06 bits per heavy atom. The van der Waals surface area contributed by atoms with Gasteiger partial charge in [-0.15, -0.1) is 16.7 Å². The van der Waals surface area contributed by atoms with Crippen LogP contribution < -0.4 is 10.6 Å². The van der Waals surface area contributed by atoms with Gasteiger partial charge < -0.3 is 10.6 Å². The normalized spacial score (nSPS) is 21.7. The number of benzene rings is 1. The van der Waals surface area contributed by atoms with Gasteiger partial charge in [0.15, 0.2) is 5.84 Å². The first-order chi connectivity index (χ1) is 8.78. The largest absolute Gasteiger partial charge is 0.349 e. The van der Waals surface area contributed by atoms with E-state index in [-0.39, 0.29) is 18.1 Å². The minimum absolute atomic E-state index is 0.173. The van der Waals surface area contributed by atoms with Crippen molar-refractivity contribution in [2.45, 2.75) is 6.29 Å². The van der Waals surface area contributed by atoms with Gasteiger partial charge in [0.2, 0.25) is 6.29 Å². The Morgan fingerprint density at radius 1 is 1.28 bits per heavy atom. The second kappa shape index (κ2) is 4.34. The van der Waals surface area contributed by atoms with Crippen LogP contribution >= 0.6 is 11.6 Å². The summed E-state index contributed by atoms with van der Waals surface area (Å²) in [5.41, 5.74) is 1.63. The Hall–Kier alpha value is -2.01. The topological polar surface area (TPSA) is 56.7 Å². The SMILES string of the molecule is O=C1C=C(CCl)NC2NC(c3ccccc3)=NN12. The van der Waals surface area contributed by atoms with Crippen molar-refractivity contribution in [3.63, 3.8) is 0 Å². The molecule has 92 valence electrons. The fourth-order valence-corrected chi connectivity index (χ4v) is 2.06. The number of amidine groups is 1. The van der Waals surface area contributed by atoms with E-state index in [0.717, 1.165) is 5.56 Å². The molecule has 0 bridgehead atoms. The first-order valence-corrected chi connectivity index (χ1v) is 6.08. The summed E-state index contributed by atoms with van der Waals surface area (Å²) in [5, 5.41) is 11.9. The van der Waals surface area contributed by atoms with Gasteiger partial charge in [0.05, 0.1) is 5.88 Å². The highest BCUT2D eigenvalue weighted by molar-refractivity contribution is 6.19. The van der Waals surface area contributed by atoms with E-state index in [1.807, 2.05) is 30.3 Å². The molecule has 2 aliphatic heterocycles. The molecule has 2 N–H and O–H groups in total. The number of fused-ring (bicyclic) bond motifs is 1. The molecule has 3 rings (SSSR count). The lowest BCUT2D eigenvalue weighted by Crippen LogP contribution is -2.53. The van der Waals surface area contributed by atoms with Gasteiger partial charge in [-0.1, -0.05) is 30.3 Å². The maximum Gasteiger partial charge on any atom is 0.272 e. The summed E-state index contributed by atoms with van der Waals surface area (Å²) in [6.45, 7) is 0. The average molecular weight is 263 g/mol. The van der Waals surface area contributed by atoms with Crippen molar-refractivity contribution in [3.8, 4) is 0 Å². The summed E-state index contributed by atoms with van der Waals surface area (Å²) in [4.78, 5) is 11.8. The van der Waals surface area contributed by atoms with Crippen molar-refractivity contribution in [3.05, 3.63) is 47.7 Å². The quantitative estimate of drug-likeness (QED) is 0.775. The van der Waals surface area contributed by atoms with E-state index in [4.69, 9.17) is 11.6 Å². The van der Waals surface area contributed by atoms with Gasteiger partial charge in [0.25, 0.3) is 5.91 Å². The van der Waals surface area contributed by atoms with Crippen molar-refractivity contribution in [1.29, 1.82) is 0 Å². The number of hydrazone groups is 1. The van der Waals surface area contributed by atoms with Crippen molar-refractivity contribution in [1.82, 2.24) is 15.6 Å². The van der Waals surface area contributed by atoms with Crippen molar-refractivity contribution in [2.24, 2.45) is 5.10 Å². The molecule has 1 amide bonds. The van der Waals surface area contributed by atoms with Crippen LogP contribution in [0.2, 0.25) is 0 Å². The summed E-state index contributed by atoms with van der Waals surface area (Å²) in [7, 11) is 0. The van der Waals surface area contributed by atoms with E-state index in [9.17, 15) is 4.79 Å². The van der Waals surface area contributed by atoms with Crippen LogP contribution in [0.3, 0.4) is 0 Å². The molecule has 1 aromatic carbocycles. The number of nitrogens with one attached hydrogen (secondary N) is 2. The van der Waals surface area contributed by atoms with Gasteiger partial charge in [-0.05, 0) is 0 Å². The van der Waals surface area contributed by atoms with E-state index in [1.54, 1.807) is 0 Å².